The Labute approximate surface area is 192 Å². The maximum atomic E-state index is 13.5. The van der Waals surface area contributed by atoms with Gasteiger partial charge in [-0.1, -0.05) is 44.4 Å². The number of carbonyl (C=O) groups excluding carboxylic acids is 1. The average molecular weight is 455 g/mol. The van der Waals surface area contributed by atoms with Gasteiger partial charge in [0, 0.05) is 42.5 Å². The van der Waals surface area contributed by atoms with E-state index in [1.165, 1.54) is 11.6 Å². The second kappa shape index (κ2) is 9.74. The van der Waals surface area contributed by atoms with Crippen molar-refractivity contribution >= 4 is 45.5 Å². The minimum atomic E-state index is -0.447. The molecular weight excluding hydrogens is 427 g/mol. The van der Waals surface area contributed by atoms with Crippen LogP contribution in [0.3, 0.4) is 0 Å². The maximum absolute atomic E-state index is 13.5. The van der Waals surface area contributed by atoms with E-state index >= 15 is 0 Å². The molecule has 2 N–H and O–H groups in total. The van der Waals surface area contributed by atoms with Crippen LogP contribution >= 0.6 is 11.6 Å². The van der Waals surface area contributed by atoms with Gasteiger partial charge in [-0.2, -0.15) is 0 Å². The number of hydrogen-bond acceptors (Lipinski definition) is 3. The van der Waals surface area contributed by atoms with E-state index in [0.29, 0.717) is 24.6 Å². The number of hydrogen-bond donors (Lipinski definition) is 2. The highest BCUT2D eigenvalue weighted by molar-refractivity contribution is 6.31. The Morgan fingerprint density at radius 2 is 2.09 bits per heavy atom. The lowest BCUT2D eigenvalue weighted by Gasteiger charge is -2.27. The number of nitrogens with one attached hydrogen (secondary N) is 2. The Hall–Kier alpha value is -2.86. The summed E-state index contributed by atoms with van der Waals surface area (Å²) >= 11 is 5.91. The number of carbonyl (C=O) groups is 1. The topological polar surface area (TPSA) is 61.0 Å². The molecule has 0 bridgehead atoms. The SMILES string of the molecule is CCC(CC)CC(=O)N1CC=C(c2cc3c(Nc4ccc(F)c(Cl)c4)ccnc3[nH]2)CC1. The summed E-state index contributed by atoms with van der Waals surface area (Å²) in [5.74, 6) is 0.268. The molecule has 0 fully saturated rings. The number of aromatic nitrogens is 2. The summed E-state index contributed by atoms with van der Waals surface area (Å²) in [5.41, 5.74) is 4.52. The van der Waals surface area contributed by atoms with Crippen molar-refractivity contribution in [2.45, 2.75) is 39.5 Å². The van der Waals surface area contributed by atoms with Gasteiger partial charge in [0.05, 0.1) is 10.7 Å². The number of benzene rings is 1. The molecule has 0 aliphatic carbocycles. The van der Waals surface area contributed by atoms with Gasteiger partial charge in [-0.3, -0.25) is 4.79 Å². The van der Waals surface area contributed by atoms with Crippen molar-refractivity contribution in [1.29, 1.82) is 0 Å². The molecule has 1 aliphatic heterocycles. The number of halogens is 2. The fourth-order valence-corrected chi connectivity index (χ4v) is 4.31. The zero-order valence-electron chi connectivity index (χ0n) is 18.4. The number of anilines is 2. The van der Waals surface area contributed by atoms with E-state index in [1.807, 2.05) is 11.0 Å². The molecule has 0 unspecified atom stereocenters. The third-order valence-corrected chi connectivity index (χ3v) is 6.55. The minimum Gasteiger partial charge on any atom is -0.355 e. The van der Waals surface area contributed by atoms with Gasteiger partial charge < -0.3 is 15.2 Å². The number of aromatic amines is 1. The third kappa shape index (κ3) is 4.80. The quantitative estimate of drug-likeness (QED) is 0.426. The van der Waals surface area contributed by atoms with Gasteiger partial charge in [-0.05, 0) is 48.2 Å². The first-order chi connectivity index (χ1) is 15.5. The molecule has 7 heteroatoms. The Morgan fingerprint density at radius 1 is 1.28 bits per heavy atom. The lowest BCUT2D eigenvalue weighted by molar-refractivity contribution is -0.131. The highest BCUT2D eigenvalue weighted by Crippen LogP contribution is 2.31. The summed E-state index contributed by atoms with van der Waals surface area (Å²) in [6.45, 7) is 5.66. The van der Waals surface area contributed by atoms with Crippen LogP contribution in [0, 0.1) is 11.7 Å². The van der Waals surface area contributed by atoms with Crippen molar-refractivity contribution in [3.8, 4) is 0 Å². The fraction of sp³-hybridized carbons (Fsp3) is 0.360. The van der Waals surface area contributed by atoms with E-state index in [1.54, 1.807) is 18.3 Å². The zero-order valence-corrected chi connectivity index (χ0v) is 19.2. The van der Waals surface area contributed by atoms with Crippen molar-refractivity contribution in [2.24, 2.45) is 5.92 Å². The Morgan fingerprint density at radius 3 is 2.78 bits per heavy atom. The van der Waals surface area contributed by atoms with Gasteiger partial charge in [-0.15, -0.1) is 0 Å². The van der Waals surface area contributed by atoms with Crippen LogP contribution in [0.1, 0.15) is 45.2 Å². The summed E-state index contributed by atoms with van der Waals surface area (Å²) in [4.78, 5) is 22.4. The lowest BCUT2D eigenvalue weighted by atomic mass is 9.98. The van der Waals surface area contributed by atoms with Gasteiger partial charge in [0.1, 0.15) is 11.5 Å². The van der Waals surface area contributed by atoms with E-state index in [9.17, 15) is 9.18 Å². The van der Waals surface area contributed by atoms with Gasteiger partial charge in [0.2, 0.25) is 5.91 Å². The Kier molecular flexibility index (Phi) is 6.80. The van der Waals surface area contributed by atoms with Crippen LogP contribution in [0.15, 0.2) is 42.6 Å². The number of rotatable bonds is 7. The molecular formula is C25H28ClFN4O. The van der Waals surface area contributed by atoms with E-state index < -0.39 is 5.82 Å². The molecule has 3 aromatic rings. The van der Waals surface area contributed by atoms with Crippen molar-refractivity contribution < 1.29 is 9.18 Å². The van der Waals surface area contributed by atoms with E-state index in [0.717, 1.165) is 48.2 Å². The van der Waals surface area contributed by atoms with Gasteiger partial charge >= 0.3 is 0 Å². The van der Waals surface area contributed by atoms with E-state index in [-0.39, 0.29) is 10.9 Å². The lowest BCUT2D eigenvalue weighted by Crippen LogP contribution is -2.35. The number of fused-ring (bicyclic) bond motifs is 1. The molecule has 1 amide bonds. The number of amides is 1. The monoisotopic (exact) mass is 454 g/mol. The minimum absolute atomic E-state index is 0.0747. The molecule has 0 spiro atoms. The van der Waals surface area contributed by atoms with Crippen LogP contribution in [-0.2, 0) is 4.79 Å². The van der Waals surface area contributed by atoms with Crippen LogP contribution < -0.4 is 5.32 Å². The molecule has 5 nitrogen and oxygen atoms in total. The first kappa shape index (κ1) is 22.3. The summed E-state index contributed by atoms with van der Waals surface area (Å²) in [5, 5.41) is 4.31. The van der Waals surface area contributed by atoms with Gasteiger partial charge in [0.15, 0.2) is 0 Å². The van der Waals surface area contributed by atoms with E-state index in [4.69, 9.17) is 11.6 Å². The van der Waals surface area contributed by atoms with Crippen molar-refractivity contribution in [3.05, 3.63) is 59.1 Å². The van der Waals surface area contributed by atoms with Crippen molar-refractivity contribution in [2.75, 3.05) is 18.4 Å². The fourth-order valence-electron chi connectivity index (χ4n) is 4.13. The number of nitrogens with zero attached hydrogens (tertiary/aromatic N) is 2. The molecule has 0 radical (unpaired) electrons. The van der Waals surface area contributed by atoms with Gasteiger partial charge in [0.25, 0.3) is 0 Å². The van der Waals surface area contributed by atoms with Crippen LogP contribution in [0.25, 0.3) is 16.6 Å². The smallest absolute Gasteiger partial charge is 0.223 e. The molecule has 4 rings (SSSR count). The first-order valence-corrected chi connectivity index (χ1v) is 11.5. The molecule has 1 aliphatic rings. The Bertz CT molecular complexity index is 1150. The standard InChI is InChI=1S/C25H28ClFN4O/c1-3-16(4-2)13-24(32)31-11-8-17(9-12-31)23-15-19-22(7-10-28-25(19)30-23)29-18-5-6-21(27)20(26)14-18/h5-8,10,14-16H,3-4,9,11-13H2,1-2H3,(H2,28,29,30). The highest BCUT2D eigenvalue weighted by Gasteiger charge is 2.21. The predicted octanol–water partition coefficient (Wildman–Crippen LogP) is 6.54. The second-order valence-corrected chi connectivity index (χ2v) is 8.67. The van der Waals surface area contributed by atoms with Crippen LogP contribution in [0.5, 0.6) is 0 Å². The molecule has 1 aromatic carbocycles. The van der Waals surface area contributed by atoms with Crippen molar-refractivity contribution in [1.82, 2.24) is 14.9 Å². The molecule has 0 atom stereocenters. The summed E-state index contributed by atoms with van der Waals surface area (Å²) in [6.07, 6.45) is 7.38. The summed E-state index contributed by atoms with van der Waals surface area (Å²) in [7, 11) is 0. The molecule has 2 aromatic heterocycles. The summed E-state index contributed by atoms with van der Waals surface area (Å²) in [6, 6.07) is 8.51. The second-order valence-electron chi connectivity index (χ2n) is 8.26. The molecule has 168 valence electrons. The number of H-pyrrole nitrogens is 1. The average Bonchev–Trinajstić information content (AvgIpc) is 3.25. The summed E-state index contributed by atoms with van der Waals surface area (Å²) < 4.78 is 13.5. The van der Waals surface area contributed by atoms with Crippen LogP contribution in [0.2, 0.25) is 5.02 Å². The zero-order chi connectivity index (χ0) is 22.7. The normalized spacial score (nSPS) is 14.2. The Balaban J connectivity index is 1.51. The largest absolute Gasteiger partial charge is 0.355 e. The molecule has 32 heavy (non-hydrogen) atoms. The first-order valence-electron chi connectivity index (χ1n) is 11.2. The van der Waals surface area contributed by atoms with Gasteiger partial charge in [-0.25, -0.2) is 9.37 Å². The van der Waals surface area contributed by atoms with E-state index in [2.05, 4.69) is 41.3 Å². The van der Waals surface area contributed by atoms with Crippen LogP contribution in [-0.4, -0.2) is 33.9 Å². The van der Waals surface area contributed by atoms with Crippen LogP contribution in [0.4, 0.5) is 15.8 Å². The predicted molar refractivity (Wildman–Crippen MR) is 129 cm³/mol. The highest BCUT2D eigenvalue weighted by atomic mass is 35.5. The van der Waals surface area contributed by atoms with Crippen molar-refractivity contribution in [3.63, 3.8) is 0 Å². The molecule has 0 saturated heterocycles. The third-order valence-electron chi connectivity index (χ3n) is 6.26. The number of pyridine rings is 1. The molecule has 3 heterocycles. The maximum Gasteiger partial charge on any atom is 0.223 e. The molecule has 0 saturated carbocycles.